The molecule has 0 spiro atoms. The molecular formula is C14H17FN2O3. The van der Waals surface area contributed by atoms with Crippen molar-refractivity contribution in [1.82, 2.24) is 10.1 Å². The zero-order valence-electron chi connectivity index (χ0n) is 11.7. The van der Waals surface area contributed by atoms with Gasteiger partial charge in [0.25, 0.3) is 5.89 Å². The largest absolute Gasteiger partial charge is 0.508 e. The lowest BCUT2D eigenvalue weighted by molar-refractivity contribution is -0.0403. The van der Waals surface area contributed by atoms with Crippen molar-refractivity contribution < 1.29 is 18.8 Å². The van der Waals surface area contributed by atoms with E-state index in [1.54, 1.807) is 0 Å². The normalized spacial score (nSPS) is 14.2. The van der Waals surface area contributed by atoms with Gasteiger partial charge in [-0.05, 0) is 32.4 Å². The Kier molecular flexibility index (Phi) is 4.04. The maximum Gasteiger partial charge on any atom is 0.261 e. The maximum absolute atomic E-state index is 13.8. The zero-order valence-corrected chi connectivity index (χ0v) is 11.7. The maximum atomic E-state index is 13.8. The van der Waals surface area contributed by atoms with Crippen LogP contribution >= 0.6 is 0 Å². The molecule has 0 aliphatic heterocycles. The van der Waals surface area contributed by atoms with Crippen LogP contribution in [0.25, 0.3) is 11.5 Å². The average Bonchev–Trinajstić information content (AvgIpc) is 2.89. The van der Waals surface area contributed by atoms with E-state index >= 15 is 0 Å². The molecule has 1 N–H and O–H groups in total. The van der Waals surface area contributed by atoms with E-state index < -0.39 is 11.4 Å². The van der Waals surface area contributed by atoms with Crippen LogP contribution in [0.2, 0.25) is 0 Å². The fourth-order valence-electron chi connectivity index (χ4n) is 1.87. The van der Waals surface area contributed by atoms with Crippen molar-refractivity contribution in [3.63, 3.8) is 0 Å². The Morgan fingerprint density at radius 1 is 1.40 bits per heavy atom. The molecule has 0 amide bonds. The van der Waals surface area contributed by atoms with Crippen molar-refractivity contribution in [3.05, 3.63) is 29.8 Å². The van der Waals surface area contributed by atoms with E-state index in [0.717, 1.165) is 6.07 Å². The second kappa shape index (κ2) is 5.58. The summed E-state index contributed by atoms with van der Waals surface area (Å²) in [6.45, 7) is 6.21. The number of hydrogen-bond donors (Lipinski definition) is 1. The van der Waals surface area contributed by atoms with Crippen molar-refractivity contribution in [2.24, 2.45) is 0 Å². The van der Waals surface area contributed by atoms with E-state index in [0.29, 0.717) is 18.9 Å². The van der Waals surface area contributed by atoms with E-state index in [4.69, 9.17) is 9.26 Å². The van der Waals surface area contributed by atoms with Gasteiger partial charge in [0.1, 0.15) is 17.2 Å². The van der Waals surface area contributed by atoms with E-state index in [-0.39, 0.29) is 17.2 Å². The number of aromatic nitrogens is 2. The number of aromatic hydroxyl groups is 1. The Labute approximate surface area is 116 Å². The molecule has 0 saturated carbocycles. The molecular weight excluding hydrogens is 263 g/mol. The Morgan fingerprint density at radius 2 is 2.15 bits per heavy atom. The number of ether oxygens (including phenoxy) is 1. The minimum atomic E-state index is -0.663. The Hall–Kier alpha value is -1.95. The monoisotopic (exact) mass is 280 g/mol. The summed E-state index contributed by atoms with van der Waals surface area (Å²) in [6, 6.07) is 3.76. The van der Waals surface area contributed by atoms with E-state index in [1.807, 2.05) is 20.8 Å². The first-order chi connectivity index (χ1) is 9.50. The molecule has 2 rings (SSSR count). The number of nitrogens with zero attached hydrogens (tertiary/aromatic N) is 2. The molecule has 0 fully saturated rings. The molecule has 1 heterocycles. The summed E-state index contributed by atoms with van der Waals surface area (Å²) in [5, 5.41) is 13.1. The summed E-state index contributed by atoms with van der Waals surface area (Å²) in [5.74, 6) is -0.324. The molecule has 1 atom stereocenters. The van der Waals surface area contributed by atoms with Gasteiger partial charge in [-0.3, -0.25) is 0 Å². The molecule has 6 heteroatoms. The molecule has 0 radical (unpaired) electrons. The van der Waals surface area contributed by atoms with Gasteiger partial charge >= 0.3 is 0 Å². The Balaban J connectivity index is 2.37. The molecule has 0 bridgehead atoms. The van der Waals surface area contributed by atoms with Crippen LogP contribution in [0.1, 0.15) is 33.0 Å². The smallest absolute Gasteiger partial charge is 0.261 e. The molecule has 0 aliphatic carbocycles. The second-order valence-corrected chi connectivity index (χ2v) is 4.60. The highest BCUT2D eigenvalue weighted by Crippen LogP contribution is 2.30. The molecule has 0 saturated heterocycles. The fraction of sp³-hybridized carbons (Fsp3) is 0.429. The molecule has 1 aromatic carbocycles. The molecule has 0 aliphatic rings. The average molecular weight is 280 g/mol. The van der Waals surface area contributed by atoms with Gasteiger partial charge in [0.15, 0.2) is 0 Å². The lowest BCUT2D eigenvalue weighted by Crippen LogP contribution is -2.26. The highest BCUT2D eigenvalue weighted by atomic mass is 19.1. The summed E-state index contributed by atoms with van der Waals surface area (Å²) >= 11 is 0. The number of benzene rings is 1. The van der Waals surface area contributed by atoms with Gasteiger partial charge < -0.3 is 14.4 Å². The third kappa shape index (κ3) is 2.65. The first-order valence-electron chi connectivity index (χ1n) is 6.47. The number of rotatable bonds is 5. The predicted molar refractivity (Wildman–Crippen MR) is 70.6 cm³/mol. The lowest BCUT2D eigenvalue weighted by atomic mass is 10.0. The highest BCUT2D eigenvalue weighted by molar-refractivity contribution is 5.55. The van der Waals surface area contributed by atoms with Crippen LogP contribution in [0, 0.1) is 5.82 Å². The van der Waals surface area contributed by atoms with Crippen molar-refractivity contribution in [1.29, 1.82) is 0 Å². The van der Waals surface area contributed by atoms with Gasteiger partial charge in [0.05, 0.1) is 5.56 Å². The van der Waals surface area contributed by atoms with E-state index in [2.05, 4.69) is 10.1 Å². The highest BCUT2D eigenvalue weighted by Gasteiger charge is 2.31. The third-order valence-corrected chi connectivity index (χ3v) is 3.22. The number of hydrogen-bond acceptors (Lipinski definition) is 5. The summed E-state index contributed by atoms with van der Waals surface area (Å²) in [7, 11) is 0. The third-order valence-electron chi connectivity index (χ3n) is 3.22. The predicted octanol–water partition coefficient (Wildman–Crippen LogP) is 3.24. The van der Waals surface area contributed by atoms with Gasteiger partial charge in [-0.2, -0.15) is 4.98 Å². The molecule has 108 valence electrons. The summed E-state index contributed by atoms with van der Waals surface area (Å²) in [6.07, 6.45) is 0.665. The summed E-state index contributed by atoms with van der Waals surface area (Å²) in [5.41, 5.74) is -0.513. The van der Waals surface area contributed by atoms with Crippen LogP contribution < -0.4 is 0 Å². The molecule has 2 aromatic rings. The topological polar surface area (TPSA) is 68.4 Å². The van der Waals surface area contributed by atoms with Crippen LogP contribution in [0.5, 0.6) is 5.75 Å². The van der Waals surface area contributed by atoms with E-state index in [9.17, 15) is 9.50 Å². The molecule has 5 nitrogen and oxygen atoms in total. The quantitative estimate of drug-likeness (QED) is 0.910. The fourth-order valence-corrected chi connectivity index (χ4v) is 1.87. The zero-order chi connectivity index (χ0) is 14.8. The van der Waals surface area contributed by atoms with Gasteiger partial charge in [-0.1, -0.05) is 12.1 Å². The molecule has 1 aromatic heterocycles. The van der Waals surface area contributed by atoms with Crippen LogP contribution in [-0.4, -0.2) is 21.9 Å². The SMILES string of the molecule is CCOC(C)(CC)c1noc(-c2ccc(O)cc2F)n1. The molecule has 1 unspecified atom stereocenters. The number of phenolic OH excluding ortho intramolecular Hbond substituents is 1. The van der Waals surface area contributed by atoms with Gasteiger partial charge in [-0.15, -0.1) is 0 Å². The van der Waals surface area contributed by atoms with Gasteiger partial charge in [0.2, 0.25) is 5.82 Å². The minimum Gasteiger partial charge on any atom is -0.508 e. The van der Waals surface area contributed by atoms with Gasteiger partial charge in [-0.25, -0.2) is 4.39 Å². The molecule has 20 heavy (non-hydrogen) atoms. The van der Waals surface area contributed by atoms with E-state index in [1.165, 1.54) is 12.1 Å². The summed E-state index contributed by atoms with van der Waals surface area (Å²) < 4.78 is 24.5. The van der Waals surface area contributed by atoms with Crippen LogP contribution in [0.15, 0.2) is 22.7 Å². The van der Waals surface area contributed by atoms with Crippen molar-refractivity contribution >= 4 is 0 Å². The van der Waals surface area contributed by atoms with Gasteiger partial charge in [0, 0.05) is 12.7 Å². The Bertz CT molecular complexity index is 600. The minimum absolute atomic E-state index is 0.0666. The van der Waals surface area contributed by atoms with Crippen molar-refractivity contribution in [2.45, 2.75) is 32.8 Å². The number of phenols is 1. The van der Waals surface area contributed by atoms with Crippen molar-refractivity contribution in [2.75, 3.05) is 6.61 Å². The first kappa shape index (κ1) is 14.5. The second-order valence-electron chi connectivity index (χ2n) is 4.60. The standard InChI is InChI=1S/C14H17FN2O3/c1-4-14(3,19-5-2)13-16-12(20-17-13)10-7-6-9(18)8-11(10)15/h6-8,18H,4-5H2,1-3H3. The van der Waals surface area contributed by atoms with Crippen LogP contribution in [0.3, 0.4) is 0 Å². The number of halogens is 1. The lowest BCUT2D eigenvalue weighted by Gasteiger charge is -2.23. The Morgan fingerprint density at radius 3 is 2.75 bits per heavy atom. The van der Waals surface area contributed by atoms with Crippen LogP contribution in [-0.2, 0) is 10.3 Å². The summed E-state index contributed by atoms with van der Waals surface area (Å²) in [4.78, 5) is 4.21. The van der Waals surface area contributed by atoms with Crippen molar-refractivity contribution in [3.8, 4) is 17.2 Å². The van der Waals surface area contributed by atoms with Crippen LogP contribution in [0.4, 0.5) is 4.39 Å². The first-order valence-corrected chi connectivity index (χ1v) is 6.47.